The average molecular weight is 285 g/mol. The molecule has 0 bridgehead atoms. The van der Waals surface area contributed by atoms with E-state index >= 15 is 0 Å². The normalized spacial score (nSPS) is 12.6. The molecule has 0 spiro atoms. The maximum Gasteiger partial charge on any atom is 0.134 e. The van der Waals surface area contributed by atoms with Gasteiger partial charge in [-0.3, -0.25) is 0 Å². The fourth-order valence-corrected chi connectivity index (χ4v) is 2.73. The fourth-order valence-electron chi connectivity index (χ4n) is 1.92. The van der Waals surface area contributed by atoms with Crippen molar-refractivity contribution >= 4 is 11.3 Å². The first-order valence-electron chi connectivity index (χ1n) is 6.04. The number of rotatable bonds is 5. The van der Waals surface area contributed by atoms with Crippen LogP contribution in [0.5, 0.6) is 0 Å². The third-order valence-corrected chi connectivity index (χ3v) is 3.70. The molecule has 2 rings (SSSR count). The van der Waals surface area contributed by atoms with Crippen LogP contribution >= 0.6 is 11.3 Å². The van der Waals surface area contributed by atoms with Crippen LogP contribution in [0.2, 0.25) is 0 Å². The van der Waals surface area contributed by atoms with E-state index in [4.69, 9.17) is 0 Å². The van der Waals surface area contributed by atoms with Crippen LogP contribution in [-0.4, -0.2) is 6.54 Å². The Morgan fingerprint density at radius 2 is 1.89 bits per heavy atom. The monoisotopic (exact) mass is 285 g/mol. The predicted octanol–water partition coefficient (Wildman–Crippen LogP) is 4.25. The van der Waals surface area contributed by atoms with Crippen LogP contribution in [0.3, 0.4) is 0 Å². The SMILES string of the molecule is CCCNC(c1cccs1)c1c(F)cc(F)cc1F. The molecule has 102 valence electrons. The lowest BCUT2D eigenvalue weighted by atomic mass is 10.0. The average Bonchev–Trinajstić information content (AvgIpc) is 2.85. The molecule has 1 heterocycles. The molecule has 0 amide bonds. The topological polar surface area (TPSA) is 12.0 Å². The van der Waals surface area contributed by atoms with Gasteiger partial charge in [0.1, 0.15) is 17.5 Å². The van der Waals surface area contributed by atoms with Gasteiger partial charge in [-0.1, -0.05) is 13.0 Å². The van der Waals surface area contributed by atoms with Crippen LogP contribution in [0.4, 0.5) is 13.2 Å². The smallest absolute Gasteiger partial charge is 0.134 e. The Hall–Kier alpha value is -1.33. The van der Waals surface area contributed by atoms with Crippen LogP contribution in [0.25, 0.3) is 0 Å². The summed E-state index contributed by atoms with van der Waals surface area (Å²) >= 11 is 1.41. The highest BCUT2D eigenvalue weighted by atomic mass is 32.1. The van der Waals surface area contributed by atoms with Crippen molar-refractivity contribution in [3.8, 4) is 0 Å². The highest BCUT2D eigenvalue weighted by Gasteiger charge is 2.23. The molecule has 2 aromatic rings. The molecule has 1 N–H and O–H groups in total. The Kier molecular flexibility index (Phi) is 4.61. The van der Waals surface area contributed by atoms with Gasteiger partial charge >= 0.3 is 0 Å². The number of halogens is 3. The Morgan fingerprint density at radius 3 is 2.42 bits per heavy atom. The van der Waals surface area contributed by atoms with Gasteiger partial charge in [0.15, 0.2) is 0 Å². The predicted molar refractivity (Wildman–Crippen MR) is 70.8 cm³/mol. The molecule has 1 unspecified atom stereocenters. The first kappa shape index (κ1) is 14.1. The fraction of sp³-hybridized carbons (Fsp3) is 0.286. The second kappa shape index (κ2) is 6.21. The van der Waals surface area contributed by atoms with Crippen LogP contribution in [0, 0.1) is 17.5 Å². The van der Waals surface area contributed by atoms with Crippen molar-refractivity contribution in [1.29, 1.82) is 0 Å². The maximum atomic E-state index is 13.9. The molecule has 0 aliphatic rings. The zero-order valence-electron chi connectivity index (χ0n) is 10.4. The molecule has 0 saturated heterocycles. The quantitative estimate of drug-likeness (QED) is 0.865. The first-order chi connectivity index (χ1) is 9.13. The lowest BCUT2D eigenvalue weighted by Crippen LogP contribution is -2.24. The highest BCUT2D eigenvalue weighted by molar-refractivity contribution is 7.10. The number of benzene rings is 1. The highest BCUT2D eigenvalue weighted by Crippen LogP contribution is 2.30. The van der Waals surface area contributed by atoms with Gasteiger partial charge in [-0.25, -0.2) is 13.2 Å². The largest absolute Gasteiger partial charge is 0.305 e. The summed E-state index contributed by atoms with van der Waals surface area (Å²) in [5.74, 6) is -2.63. The molecular weight excluding hydrogens is 271 g/mol. The summed E-state index contributed by atoms with van der Waals surface area (Å²) in [6.45, 7) is 2.59. The number of hydrogen-bond acceptors (Lipinski definition) is 2. The van der Waals surface area contributed by atoms with Crippen molar-refractivity contribution in [2.45, 2.75) is 19.4 Å². The standard InChI is InChI=1S/C14H14F3NS/c1-2-5-18-14(12-4-3-6-19-12)13-10(16)7-9(15)8-11(13)17/h3-4,6-8,14,18H,2,5H2,1H3. The Morgan fingerprint density at radius 1 is 1.21 bits per heavy atom. The molecule has 5 heteroatoms. The minimum atomic E-state index is -0.904. The van der Waals surface area contributed by atoms with Crippen LogP contribution < -0.4 is 5.32 Å². The van der Waals surface area contributed by atoms with E-state index in [2.05, 4.69) is 5.32 Å². The van der Waals surface area contributed by atoms with E-state index in [9.17, 15) is 13.2 Å². The summed E-state index contributed by atoms with van der Waals surface area (Å²) in [5, 5.41) is 4.94. The van der Waals surface area contributed by atoms with E-state index in [0.717, 1.165) is 11.3 Å². The van der Waals surface area contributed by atoms with Gasteiger partial charge in [-0.15, -0.1) is 11.3 Å². The Labute approximate surface area is 114 Å². The molecule has 1 nitrogen and oxygen atoms in total. The zero-order chi connectivity index (χ0) is 13.8. The molecule has 1 atom stereocenters. The minimum Gasteiger partial charge on any atom is -0.305 e. The van der Waals surface area contributed by atoms with Gasteiger partial charge in [-0.2, -0.15) is 0 Å². The van der Waals surface area contributed by atoms with Gasteiger partial charge in [0.2, 0.25) is 0 Å². The Balaban J connectivity index is 2.44. The number of nitrogens with one attached hydrogen (secondary N) is 1. The molecular formula is C14H14F3NS. The molecule has 0 aliphatic heterocycles. The summed E-state index contributed by atoms with van der Waals surface area (Å²) in [7, 11) is 0. The summed E-state index contributed by atoms with van der Waals surface area (Å²) in [4.78, 5) is 0.804. The summed E-state index contributed by atoms with van der Waals surface area (Å²) in [6.07, 6.45) is 0.840. The van der Waals surface area contributed by atoms with Crippen molar-refractivity contribution in [2.75, 3.05) is 6.54 Å². The van der Waals surface area contributed by atoms with Crippen LogP contribution in [0.1, 0.15) is 29.8 Å². The van der Waals surface area contributed by atoms with Gasteiger partial charge in [0.05, 0.1) is 6.04 Å². The molecule has 0 saturated carbocycles. The van der Waals surface area contributed by atoms with Crippen molar-refractivity contribution < 1.29 is 13.2 Å². The molecule has 0 fully saturated rings. The van der Waals surface area contributed by atoms with E-state index in [0.29, 0.717) is 18.7 Å². The second-order valence-corrected chi connectivity index (χ2v) is 5.16. The lowest BCUT2D eigenvalue weighted by Gasteiger charge is -2.19. The van der Waals surface area contributed by atoms with E-state index in [1.54, 1.807) is 6.07 Å². The van der Waals surface area contributed by atoms with Crippen LogP contribution in [0.15, 0.2) is 29.6 Å². The first-order valence-corrected chi connectivity index (χ1v) is 6.92. The minimum absolute atomic E-state index is 0.127. The van der Waals surface area contributed by atoms with Crippen molar-refractivity contribution in [2.24, 2.45) is 0 Å². The summed E-state index contributed by atoms with van der Waals surface area (Å²) in [5.41, 5.74) is -0.127. The van der Waals surface area contributed by atoms with Crippen LogP contribution in [-0.2, 0) is 0 Å². The molecule has 1 aromatic heterocycles. The number of hydrogen-bond donors (Lipinski definition) is 1. The third-order valence-electron chi connectivity index (χ3n) is 2.76. The molecule has 0 radical (unpaired) electrons. The summed E-state index contributed by atoms with van der Waals surface area (Å²) in [6, 6.07) is 4.47. The molecule has 1 aromatic carbocycles. The Bertz CT molecular complexity index is 517. The maximum absolute atomic E-state index is 13.9. The third kappa shape index (κ3) is 3.16. The van der Waals surface area contributed by atoms with Gasteiger partial charge in [0, 0.05) is 22.6 Å². The van der Waals surface area contributed by atoms with E-state index in [1.165, 1.54) is 11.3 Å². The lowest BCUT2D eigenvalue weighted by molar-refractivity contribution is 0.489. The zero-order valence-corrected chi connectivity index (χ0v) is 11.2. The summed E-state index contributed by atoms with van der Waals surface area (Å²) < 4.78 is 40.7. The van der Waals surface area contributed by atoms with Crippen molar-refractivity contribution in [1.82, 2.24) is 5.32 Å². The van der Waals surface area contributed by atoms with E-state index < -0.39 is 23.5 Å². The molecule has 19 heavy (non-hydrogen) atoms. The molecule has 0 aliphatic carbocycles. The number of thiophene rings is 1. The van der Waals surface area contributed by atoms with E-state index in [1.807, 2.05) is 18.4 Å². The van der Waals surface area contributed by atoms with Crippen molar-refractivity contribution in [3.63, 3.8) is 0 Å². The van der Waals surface area contributed by atoms with Gasteiger partial charge < -0.3 is 5.32 Å². The second-order valence-electron chi connectivity index (χ2n) is 4.19. The van der Waals surface area contributed by atoms with Gasteiger partial charge in [-0.05, 0) is 24.4 Å². The van der Waals surface area contributed by atoms with E-state index in [-0.39, 0.29) is 5.56 Å². The van der Waals surface area contributed by atoms with Gasteiger partial charge in [0.25, 0.3) is 0 Å². The van der Waals surface area contributed by atoms with Crippen molar-refractivity contribution in [3.05, 3.63) is 57.5 Å².